The number of aryl methyl sites for hydroxylation is 1. The van der Waals surface area contributed by atoms with Gasteiger partial charge in [0.25, 0.3) is 0 Å². The van der Waals surface area contributed by atoms with Gasteiger partial charge in [-0.25, -0.2) is 0 Å². The maximum atomic E-state index is 12.3. The maximum Gasteiger partial charge on any atom is 0.241 e. The largest absolute Gasteiger partial charge is 0.493 e. The van der Waals surface area contributed by atoms with Gasteiger partial charge in [0.1, 0.15) is 5.75 Å². The Morgan fingerprint density at radius 1 is 1.21 bits per heavy atom. The van der Waals surface area contributed by atoms with E-state index < -0.39 is 0 Å². The van der Waals surface area contributed by atoms with Crippen LogP contribution in [-0.2, 0) is 11.3 Å². The first kappa shape index (κ1) is 22.8. The lowest BCUT2D eigenvalue weighted by Gasteiger charge is -2.27. The van der Waals surface area contributed by atoms with Crippen LogP contribution in [0.4, 0.5) is 0 Å². The number of nitrogens with one attached hydrogen (secondary N) is 2. The molecule has 1 aromatic rings. The van der Waals surface area contributed by atoms with E-state index in [0.717, 1.165) is 49.8 Å². The average Bonchev–Trinajstić information content (AvgIpc) is 3.52. The van der Waals surface area contributed by atoms with Crippen molar-refractivity contribution in [2.75, 3.05) is 33.3 Å². The summed E-state index contributed by atoms with van der Waals surface area (Å²) in [5, 5.41) is 6.43. The predicted octanol–water partition coefficient (Wildman–Crippen LogP) is 3.08. The van der Waals surface area contributed by atoms with Crippen LogP contribution in [0.15, 0.2) is 23.2 Å². The third-order valence-corrected chi connectivity index (χ3v) is 5.18. The van der Waals surface area contributed by atoms with Crippen LogP contribution in [0.3, 0.4) is 0 Å². The molecule has 2 aliphatic rings. The van der Waals surface area contributed by atoms with Crippen molar-refractivity contribution in [3.63, 3.8) is 0 Å². The first-order valence-electron chi connectivity index (χ1n) is 10.1. The Balaban J connectivity index is 0.00000280. The van der Waals surface area contributed by atoms with Crippen LogP contribution < -0.4 is 15.4 Å². The Bertz CT molecular complexity index is 670. The first-order valence-corrected chi connectivity index (χ1v) is 10.1. The lowest BCUT2D eigenvalue weighted by atomic mass is 10.1. The Hall–Kier alpha value is -1.51. The zero-order valence-electron chi connectivity index (χ0n) is 17.0. The smallest absolute Gasteiger partial charge is 0.241 e. The van der Waals surface area contributed by atoms with Crippen LogP contribution in [0, 0.1) is 12.8 Å². The predicted molar refractivity (Wildman–Crippen MR) is 123 cm³/mol. The molecule has 0 aromatic heterocycles. The van der Waals surface area contributed by atoms with Gasteiger partial charge in [0, 0.05) is 32.2 Å². The normalized spacial score (nSPS) is 16.9. The molecule has 0 unspecified atom stereocenters. The second-order valence-electron chi connectivity index (χ2n) is 7.59. The van der Waals surface area contributed by atoms with Crippen LogP contribution >= 0.6 is 24.0 Å². The van der Waals surface area contributed by atoms with Gasteiger partial charge in [0.15, 0.2) is 5.96 Å². The molecular weight excluding hydrogens is 467 g/mol. The van der Waals surface area contributed by atoms with Crippen molar-refractivity contribution in [2.45, 2.75) is 45.6 Å². The van der Waals surface area contributed by atoms with Gasteiger partial charge in [-0.2, -0.15) is 0 Å². The third-order valence-electron chi connectivity index (χ3n) is 5.18. The minimum atomic E-state index is 0. The number of amides is 1. The molecule has 1 saturated heterocycles. The van der Waals surface area contributed by atoms with E-state index in [9.17, 15) is 4.79 Å². The summed E-state index contributed by atoms with van der Waals surface area (Å²) in [4.78, 5) is 18.5. The number of nitrogens with zero attached hydrogens (tertiary/aromatic N) is 2. The SMILES string of the molecule is CN=C(NCC(=O)N1CCCCC1)NCc1ccc(C)cc1OCC1CC1.I. The van der Waals surface area contributed by atoms with E-state index >= 15 is 0 Å². The van der Waals surface area contributed by atoms with Crippen LogP contribution in [0.1, 0.15) is 43.2 Å². The monoisotopic (exact) mass is 500 g/mol. The van der Waals surface area contributed by atoms with Gasteiger partial charge >= 0.3 is 0 Å². The lowest BCUT2D eigenvalue weighted by Crippen LogP contribution is -2.45. The molecule has 1 heterocycles. The van der Waals surface area contributed by atoms with Crippen molar-refractivity contribution >= 4 is 35.8 Å². The number of likely N-dealkylation sites (tertiary alicyclic amines) is 1. The summed E-state index contributed by atoms with van der Waals surface area (Å²) in [5.41, 5.74) is 2.30. The van der Waals surface area contributed by atoms with E-state index in [4.69, 9.17) is 4.74 Å². The number of rotatable bonds is 7. The van der Waals surface area contributed by atoms with Crippen molar-refractivity contribution in [3.8, 4) is 5.75 Å². The zero-order chi connectivity index (χ0) is 19.1. The van der Waals surface area contributed by atoms with Crippen molar-refractivity contribution in [1.29, 1.82) is 0 Å². The highest BCUT2D eigenvalue weighted by molar-refractivity contribution is 14.0. The summed E-state index contributed by atoms with van der Waals surface area (Å²) in [6.07, 6.45) is 6.00. The number of halogens is 1. The molecule has 156 valence electrons. The van der Waals surface area contributed by atoms with Gasteiger partial charge in [-0.3, -0.25) is 9.79 Å². The molecule has 1 aliphatic heterocycles. The standard InChI is InChI=1S/C21H32N4O2.HI/c1-16-6-9-18(19(12-16)27-15-17-7-8-17)13-23-21(22-2)24-14-20(26)25-10-4-3-5-11-25;/h6,9,12,17H,3-5,7-8,10-11,13-15H2,1-2H3,(H2,22,23,24);1H. The quantitative estimate of drug-likeness (QED) is 0.343. The summed E-state index contributed by atoms with van der Waals surface area (Å²) in [6.45, 7) is 5.51. The van der Waals surface area contributed by atoms with Gasteiger partial charge in [-0.05, 0) is 56.6 Å². The summed E-state index contributed by atoms with van der Waals surface area (Å²) >= 11 is 0. The average molecular weight is 500 g/mol. The highest BCUT2D eigenvalue weighted by Gasteiger charge is 2.22. The first-order chi connectivity index (χ1) is 13.2. The summed E-state index contributed by atoms with van der Waals surface area (Å²) in [5.74, 6) is 2.44. The Morgan fingerprint density at radius 3 is 2.64 bits per heavy atom. The molecule has 1 aromatic carbocycles. The lowest BCUT2D eigenvalue weighted by molar-refractivity contribution is -0.130. The number of carbonyl (C=O) groups is 1. The van der Waals surface area contributed by atoms with Crippen molar-refractivity contribution in [1.82, 2.24) is 15.5 Å². The zero-order valence-corrected chi connectivity index (χ0v) is 19.3. The minimum absolute atomic E-state index is 0. The molecule has 28 heavy (non-hydrogen) atoms. The molecule has 0 spiro atoms. The van der Waals surface area contributed by atoms with Crippen LogP contribution in [0.5, 0.6) is 5.75 Å². The number of aliphatic imine (C=N–C) groups is 1. The Kier molecular flexibility index (Phi) is 9.34. The molecule has 3 rings (SSSR count). The molecule has 6 nitrogen and oxygen atoms in total. The highest BCUT2D eigenvalue weighted by atomic mass is 127. The fourth-order valence-corrected chi connectivity index (χ4v) is 3.25. The molecule has 2 fully saturated rings. The van der Waals surface area contributed by atoms with E-state index in [1.165, 1.54) is 24.8 Å². The highest BCUT2D eigenvalue weighted by Crippen LogP contribution is 2.30. The summed E-state index contributed by atoms with van der Waals surface area (Å²) in [7, 11) is 1.72. The van der Waals surface area contributed by atoms with Crippen molar-refractivity contribution in [3.05, 3.63) is 29.3 Å². The van der Waals surface area contributed by atoms with Crippen molar-refractivity contribution < 1.29 is 9.53 Å². The Labute approximate surface area is 185 Å². The molecule has 1 aliphatic carbocycles. The van der Waals surface area contributed by atoms with Gasteiger partial charge in [-0.1, -0.05) is 12.1 Å². The molecule has 2 N–H and O–H groups in total. The van der Waals surface area contributed by atoms with Crippen LogP contribution in [0.2, 0.25) is 0 Å². The molecular formula is C21H33IN4O2. The van der Waals surface area contributed by atoms with Crippen LogP contribution in [-0.4, -0.2) is 50.1 Å². The maximum absolute atomic E-state index is 12.3. The summed E-state index contributed by atoms with van der Waals surface area (Å²) in [6, 6.07) is 6.28. The molecule has 0 atom stereocenters. The number of hydrogen-bond acceptors (Lipinski definition) is 3. The van der Waals surface area contributed by atoms with E-state index in [2.05, 4.69) is 40.7 Å². The fraction of sp³-hybridized carbons (Fsp3) is 0.619. The third kappa shape index (κ3) is 7.14. The topological polar surface area (TPSA) is 66.0 Å². The minimum Gasteiger partial charge on any atom is -0.493 e. The second-order valence-corrected chi connectivity index (χ2v) is 7.59. The van der Waals surface area contributed by atoms with Gasteiger partial charge < -0.3 is 20.3 Å². The van der Waals surface area contributed by atoms with Gasteiger partial charge in [0.05, 0.1) is 13.2 Å². The number of benzene rings is 1. The molecule has 0 radical (unpaired) electrons. The molecule has 0 bridgehead atoms. The van der Waals surface area contributed by atoms with E-state index in [1.807, 2.05) is 4.90 Å². The number of carbonyl (C=O) groups excluding carboxylic acids is 1. The number of hydrogen-bond donors (Lipinski definition) is 2. The number of ether oxygens (including phenoxy) is 1. The van der Waals surface area contributed by atoms with Crippen molar-refractivity contribution in [2.24, 2.45) is 10.9 Å². The number of piperidine rings is 1. The van der Waals surface area contributed by atoms with E-state index in [1.54, 1.807) is 7.05 Å². The number of guanidine groups is 1. The van der Waals surface area contributed by atoms with Gasteiger partial charge in [0.2, 0.25) is 5.91 Å². The van der Waals surface area contributed by atoms with E-state index in [0.29, 0.717) is 12.5 Å². The molecule has 7 heteroatoms. The van der Waals surface area contributed by atoms with Crippen LogP contribution in [0.25, 0.3) is 0 Å². The summed E-state index contributed by atoms with van der Waals surface area (Å²) < 4.78 is 6.02. The second kappa shape index (κ2) is 11.5. The molecule has 1 amide bonds. The van der Waals surface area contributed by atoms with Gasteiger partial charge in [-0.15, -0.1) is 24.0 Å². The fourth-order valence-electron chi connectivity index (χ4n) is 3.25. The van der Waals surface area contributed by atoms with E-state index in [-0.39, 0.29) is 36.4 Å². The molecule has 1 saturated carbocycles. The Morgan fingerprint density at radius 2 is 1.96 bits per heavy atom.